The standard InChI is InChI=1S/C8H16BF3N.K/c1-7-3-4-8(2)13(5-7)6-9(10,11)12;/h7-8H,3-6H2,1-2H3;/q-1;+1. The maximum absolute atomic E-state index is 12.2. The van der Waals surface area contributed by atoms with Crippen LogP contribution in [0, 0.1) is 5.92 Å². The van der Waals surface area contributed by atoms with Gasteiger partial charge >= 0.3 is 58.4 Å². The zero-order chi connectivity index (χ0) is 10.1. The first-order chi connectivity index (χ1) is 5.88. The third kappa shape index (κ3) is 5.51. The Morgan fingerprint density at radius 1 is 1.21 bits per heavy atom. The predicted molar refractivity (Wildman–Crippen MR) is 48.5 cm³/mol. The molecule has 0 aromatic carbocycles. The van der Waals surface area contributed by atoms with Crippen LogP contribution in [0.2, 0.25) is 0 Å². The number of piperidine rings is 1. The molecule has 0 aromatic rings. The normalized spacial score (nSPS) is 29.8. The van der Waals surface area contributed by atoms with E-state index in [1.807, 2.05) is 13.8 Å². The summed E-state index contributed by atoms with van der Waals surface area (Å²) in [6.07, 6.45) is 1.27. The average Bonchev–Trinajstić information content (AvgIpc) is 1.94. The molecule has 0 aromatic heterocycles. The first-order valence-electron chi connectivity index (χ1n) is 4.83. The Labute approximate surface area is 126 Å². The molecular formula is C8H16BF3KN. The monoisotopic (exact) mass is 233 g/mol. The van der Waals surface area contributed by atoms with Crippen molar-refractivity contribution < 1.29 is 64.3 Å². The van der Waals surface area contributed by atoms with Crippen LogP contribution in [0.4, 0.5) is 12.9 Å². The summed E-state index contributed by atoms with van der Waals surface area (Å²) in [5.41, 5.74) is 0. The van der Waals surface area contributed by atoms with E-state index in [2.05, 4.69) is 0 Å². The van der Waals surface area contributed by atoms with Gasteiger partial charge in [-0.1, -0.05) is 6.92 Å². The second-order valence-electron chi connectivity index (χ2n) is 4.20. The van der Waals surface area contributed by atoms with Crippen molar-refractivity contribution in [1.29, 1.82) is 0 Å². The van der Waals surface area contributed by atoms with E-state index in [9.17, 15) is 12.9 Å². The molecule has 0 N–H and O–H groups in total. The predicted octanol–water partition coefficient (Wildman–Crippen LogP) is -0.503. The van der Waals surface area contributed by atoms with Gasteiger partial charge in [0.2, 0.25) is 0 Å². The molecule has 1 aliphatic heterocycles. The molecule has 0 aliphatic carbocycles. The molecule has 6 heteroatoms. The quantitative estimate of drug-likeness (QED) is 0.581. The molecule has 1 rings (SSSR count). The number of hydrogen-bond donors (Lipinski definition) is 0. The average molecular weight is 233 g/mol. The van der Waals surface area contributed by atoms with Crippen LogP contribution in [-0.4, -0.2) is 30.9 Å². The van der Waals surface area contributed by atoms with Crippen LogP contribution in [0.15, 0.2) is 0 Å². The Kier molecular flexibility index (Phi) is 6.90. The van der Waals surface area contributed by atoms with Crippen molar-refractivity contribution >= 4 is 6.98 Å². The Morgan fingerprint density at radius 3 is 2.29 bits per heavy atom. The Morgan fingerprint density at radius 2 is 1.79 bits per heavy atom. The van der Waals surface area contributed by atoms with E-state index >= 15 is 0 Å². The number of halogens is 3. The summed E-state index contributed by atoms with van der Waals surface area (Å²) in [6, 6.07) is 0.0969. The molecular weight excluding hydrogens is 217 g/mol. The number of hydrogen-bond acceptors (Lipinski definition) is 1. The molecule has 14 heavy (non-hydrogen) atoms. The molecule has 0 spiro atoms. The van der Waals surface area contributed by atoms with Gasteiger partial charge in [-0.05, 0) is 38.7 Å². The third-order valence-corrected chi connectivity index (χ3v) is 2.69. The van der Waals surface area contributed by atoms with Gasteiger partial charge in [-0.3, -0.25) is 0 Å². The van der Waals surface area contributed by atoms with Gasteiger partial charge in [0.05, 0.1) is 0 Å². The number of nitrogens with zero attached hydrogens (tertiary/aromatic N) is 1. The maximum atomic E-state index is 12.2. The summed E-state index contributed by atoms with van der Waals surface area (Å²) >= 11 is 0. The molecule has 1 aliphatic rings. The molecule has 1 heterocycles. The molecule has 1 fully saturated rings. The van der Waals surface area contributed by atoms with E-state index in [0.717, 1.165) is 12.8 Å². The SMILES string of the molecule is CC1CCC(C)N(C[B-](F)(F)F)C1.[K+]. The van der Waals surface area contributed by atoms with Gasteiger partial charge in [0.25, 0.3) is 0 Å². The van der Waals surface area contributed by atoms with Crippen molar-refractivity contribution in [3.8, 4) is 0 Å². The smallest absolute Gasteiger partial charge is 0.448 e. The fourth-order valence-corrected chi connectivity index (χ4v) is 1.90. The van der Waals surface area contributed by atoms with E-state index < -0.39 is 13.4 Å². The minimum absolute atomic E-state index is 0. The van der Waals surface area contributed by atoms with Crippen LogP contribution in [0.3, 0.4) is 0 Å². The number of likely N-dealkylation sites (tertiary alicyclic amines) is 1. The van der Waals surface area contributed by atoms with Crippen molar-refractivity contribution in [2.45, 2.75) is 32.7 Å². The second-order valence-corrected chi connectivity index (χ2v) is 4.20. The summed E-state index contributed by atoms with van der Waals surface area (Å²) in [5.74, 6) is 0.411. The molecule has 1 nitrogen and oxygen atoms in total. The van der Waals surface area contributed by atoms with Crippen LogP contribution in [0.25, 0.3) is 0 Å². The third-order valence-electron chi connectivity index (χ3n) is 2.69. The van der Waals surface area contributed by atoms with E-state index in [1.165, 1.54) is 0 Å². The zero-order valence-corrected chi connectivity index (χ0v) is 12.3. The van der Waals surface area contributed by atoms with E-state index in [4.69, 9.17) is 0 Å². The molecule has 78 valence electrons. The minimum Gasteiger partial charge on any atom is -0.448 e. The molecule has 2 atom stereocenters. The van der Waals surface area contributed by atoms with Crippen molar-refractivity contribution in [1.82, 2.24) is 4.90 Å². The van der Waals surface area contributed by atoms with E-state index in [-0.39, 0.29) is 57.4 Å². The van der Waals surface area contributed by atoms with E-state index in [0.29, 0.717) is 12.5 Å². The van der Waals surface area contributed by atoms with Crippen molar-refractivity contribution in [2.75, 3.05) is 13.0 Å². The molecule has 1 saturated heterocycles. The van der Waals surface area contributed by atoms with Crippen molar-refractivity contribution in [3.05, 3.63) is 0 Å². The molecule has 2 unspecified atom stereocenters. The van der Waals surface area contributed by atoms with Gasteiger partial charge in [-0.15, -0.1) is 0 Å². The van der Waals surface area contributed by atoms with Gasteiger partial charge in [0, 0.05) is 6.04 Å². The van der Waals surface area contributed by atoms with Crippen LogP contribution in [0.5, 0.6) is 0 Å². The number of rotatable bonds is 2. The van der Waals surface area contributed by atoms with Gasteiger partial charge in [-0.25, -0.2) is 0 Å². The summed E-state index contributed by atoms with van der Waals surface area (Å²) in [5, 5.41) is 0. The van der Waals surface area contributed by atoms with E-state index in [1.54, 1.807) is 4.90 Å². The van der Waals surface area contributed by atoms with Gasteiger partial charge < -0.3 is 17.8 Å². The van der Waals surface area contributed by atoms with Crippen LogP contribution in [-0.2, 0) is 0 Å². The van der Waals surface area contributed by atoms with Gasteiger partial charge in [0.1, 0.15) is 0 Å². The van der Waals surface area contributed by atoms with Crippen LogP contribution in [0.1, 0.15) is 26.7 Å². The van der Waals surface area contributed by atoms with Crippen molar-refractivity contribution in [2.24, 2.45) is 5.92 Å². The van der Waals surface area contributed by atoms with Crippen LogP contribution >= 0.6 is 0 Å². The first-order valence-corrected chi connectivity index (χ1v) is 4.83. The summed E-state index contributed by atoms with van der Waals surface area (Å²) in [7, 11) is 0. The molecule has 0 bridgehead atoms. The zero-order valence-electron chi connectivity index (χ0n) is 9.14. The van der Waals surface area contributed by atoms with Gasteiger partial charge in [0.15, 0.2) is 0 Å². The Hall–Kier alpha value is 1.45. The van der Waals surface area contributed by atoms with Crippen LogP contribution < -0.4 is 51.4 Å². The Balaban J connectivity index is 0.00000169. The fraction of sp³-hybridized carbons (Fsp3) is 1.00. The molecule has 0 amide bonds. The maximum Gasteiger partial charge on any atom is 1.00 e. The summed E-state index contributed by atoms with van der Waals surface area (Å²) < 4.78 is 36.5. The molecule has 0 saturated carbocycles. The van der Waals surface area contributed by atoms with Crippen molar-refractivity contribution in [3.63, 3.8) is 0 Å². The largest absolute Gasteiger partial charge is 1.00 e. The second kappa shape index (κ2) is 6.25. The van der Waals surface area contributed by atoms with Gasteiger partial charge in [-0.2, -0.15) is 0 Å². The molecule has 0 radical (unpaired) electrons. The first kappa shape index (κ1) is 15.5. The minimum atomic E-state index is -4.65. The Bertz CT molecular complexity index is 176. The summed E-state index contributed by atoms with van der Waals surface area (Å²) in [6.45, 7) is -0.155. The fourth-order valence-electron chi connectivity index (χ4n) is 1.90. The topological polar surface area (TPSA) is 3.24 Å². The summed E-state index contributed by atoms with van der Waals surface area (Å²) in [4.78, 5) is 1.56.